The molecular formula is C21H33BClNO4. The maximum absolute atomic E-state index is 12.3. The Bertz CT molecular complexity index is 620. The summed E-state index contributed by atoms with van der Waals surface area (Å²) in [4.78, 5) is 12.3. The van der Waals surface area contributed by atoms with E-state index in [0.717, 1.165) is 24.7 Å². The highest BCUT2D eigenvalue weighted by Crippen LogP contribution is 2.38. The molecule has 0 saturated carbocycles. The van der Waals surface area contributed by atoms with Crippen molar-refractivity contribution in [1.29, 1.82) is 0 Å². The molecule has 0 aliphatic carbocycles. The molecule has 0 aromatic heterocycles. The third-order valence-corrected chi connectivity index (χ3v) is 5.77. The minimum absolute atomic E-state index is 0.187. The van der Waals surface area contributed by atoms with Crippen molar-refractivity contribution in [1.82, 2.24) is 5.32 Å². The number of halogens is 1. The molecule has 1 fully saturated rings. The molecule has 1 atom stereocenters. The molecule has 1 aromatic carbocycles. The normalized spacial score (nSPS) is 18.9. The van der Waals surface area contributed by atoms with Gasteiger partial charge in [0.25, 0.3) is 0 Å². The third-order valence-electron chi connectivity index (χ3n) is 5.52. The highest BCUT2D eigenvalue weighted by Gasteiger charge is 2.50. The Morgan fingerprint density at radius 2 is 1.75 bits per heavy atom. The van der Waals surface area contributed by atoms with Crippen LogP contribution in [-0.2, 0) is 25.4 Å². The lowest BCUT2D eigenvalue weighted by atomic mass is 9.82. The molecule has 7 heteroatoms. The summed E-state index contributed by atoms with van der Waals surface area (Å²) >= 11 is 5.92. The van der Waals surface area contributed by atoms with Crippen molar-refractivity contribution in [2.24, 2.45) is 0 Å². The van der Waals surface area contributed by atoms with Gasteiger partial charge in [0.15, 0.2) is 0 Å². The lowest BCUT2D eigenvalue weighted by Crippen LogP contribution is -2.41. The summed E-state index contributed by atoms with van der Waals surface area (Å²) in [7, 11) is -0.187. The lowest BCUT2D eigenvalue weighted by molar-refractivity contribution is -0.145. The van der Waals surface area contributed by atoms with Gasteiger partial charge in [0.2, 0.25) is 0 Å². The van der Waals surface area contributed by atoms with Crippen LogP contribution in [0.2, 0.25) is 11.3 Å². The van der Waals surface area contributed by atoms with E-state index in [-0.39, 0.29) is 30.3 Å². The molecular weight excluding hydrogens is 376 g/mol. The predicted molar refractivity (Wildman–Crippen MR) is 113 cm³/mol. The summed E-state index contributed by atoms with van der Waals surface area (Å²) in [5.41, 5.74) is 0.479. The summed E-state index contributed by atoms with van der Waals surface area (Å²) in [6.07, 6.45) is 3.35. The number of hydrogen-bond acceptors (Lipinski definition) is 5. The zero-order chi connectivity index (χ0) is 20.8. The van der Waals surface area contributed by atoms with Crippen molar-refractivity contribution in [2.75, 3.05) is 6.61 Å². The van der Waals surface area contributed by atoms with Gasteiger partial charge in [-0.25, -0.2) is 0 Å². The topological polar surface area (TPSA) is 56.8 Å². The highest BCUT2D eigenvalue weighted by molar-refractivity contribution is 6.45. The quantitative estimate of drug-likeness (QED) is 0.347. The fourth-order valence-corrected chi connectivity index (χ4v) is 3.26. The van der Waals surface area contributed by atoms with Crippen molar-refractivity contribution in [3.05, 3.63) is 34.9 Å². The number of esters is 1. The Kier molecular flexibility index (Phi) is 8.37. The third kappa shape index (κ3) is 6.48. The first kappa shape index (κ1) is 23.2. The van der Waals surface area contributed by atoms with Crippen LogP contribution < -0.4 is 5.32 Å². The average molecular weight is 410 g/mol. The molecule has 28 heavy (non-hydrogen) atoms. The second-order valence-electron chi connectivity index (χ2n) is 8.28. The van der Waals surface area contributed by atoms with Crippen LogP contribution in [0.5, 0.6) is 0 Å². The summed E-state index contributed by atoms with van der Waals surface area (Å²) in [5.74, 6) is -0.202. The van der Waals surface area contributed by atoms with Crippen molar-refractivity contribution < 1.29 is 18.8 Å². The van der Waals surface area contributed by atoms with Crippen molar-refractivity contribution in [2.45, 2.75) is 84.0 Å². The zero-order valence-electron chi connectivity index (χ0n) is 17.7. The smallest absolute Gasteiger partial charge is 0.457 e. The minimum Gasteiger partial charge on any atom is -0.465 e. The van der Waals surface area contributed by atoms with Gasteiger partial charge < -0.3 is 19.4 Å². The van der Waals surface area contributed by atoms with Crippen LogP contribution in [0.3, 0.4) is 0 Å². The van der Waals surface area contributed by atoms with Crippen molar-refractivity contribution >= 4 is 24.7 Å². The molecule has 1 aromatic rings. The maximum atomic E-state index is 12.3. The average Bonchev–Trinajstić information content (AvgIpc) is 2.82. The maximum Gasteiger partial charge on any atom is 0.457 e. The highest BCUT2D eigenvalue weighted by atomic mass is 35.5. The molecule has 0 amide bonds. The van der Waals surface area contributed by atoms with Crippen LogP contribution in [0, 0.1) is 0 Å². The number of hydrogen-bond donors (Lipinski definition) is 1. The predicted octanol–water partition coefficient (Wildman–Crippen LogP) is 4.62. The van der Waals surface area contributed by atoms with E-state index in [9.17, 15) is 4.79 Å². The molecule has 0 bridgehead atoms. The van der Waals surface area contributed by atoms with Gasteiger partial charge in [-0.1, -0.05) is 36.6 Å². The van der Waals surface area contributed by atoms with Crippen LogP contribution >= 0.6 is 11.6 Å². The first-order valence-corrected chi connectivity index (χ1v) is 10.5. The SMILES string of the molecule is CCOC(=O)C(CCCCB1OC(C)(C)C(C)(C)O1)NCc1ccc(Cl)cc1. The molecule has 0 spiro atoms. The van der Waals surface area contributed by atoms with Crippen LogP contribution in [0.1, 0.15) is 59.4 Å². The molecule has 2 rings (SSSR count). The van der Waals surface area contributed by atoms with Gasteiger partial charge in [-0.05, 0) is 65.1 Å². The van der Waals surface area contributed by atoms with Crippen molar-refractivity contribution in [3.8, 4) is 0 Å². The Labute approximate surface area is 174 Å². The fourth-order valence-electron chi connectivity index (χ4n) is 3.13. The molecule has 1 aliphatic heterocycles. The second-order valence-corrected chi connectivity index (χ2v) is 8.72. The second kappa shape index (κ2) is 10.1. The van der Waals surface area contributed by atoms with E-state index in [1.807, 2.05) is 31.2 Å². The lowest BCUT2D eigenvalue weighted by Gasteiger charge is -2.32. The summed E-state index contributed by atoms with van der Waals surface area (Å²) in [6, 6.07) is 7.28. The Morgan fingerprint density at radius 1 is 1.14 bits per heavy atom. The Hall–Kier alpha value is -1.08. The van der Waals surface area contributed by atoms with Crippen LogP contribution in [0.4, 0.5) is 0 Å². The number of ether oxygens (including phenoxy) is 1. The van der Waals surface area contributed by atoms with Crippen LogP contribution in [-0.4, -0.2) is 36.9 Å². The molecule has 1 aliphatic rings. The first-order chi connectivity index (χ1) is 13.1. The zero-order valence-corrected chi connectivity index (χ0v) is 18.5. The molecule has 156 valence electrons. The van der Waals surface area contributed by atoms with Gasteiger partial charge in [-0.2, -0.15) is 0 Å². The molecule has 1 unspecified atom stereocenters. The largest absolute Gasteiger partial charge is 0.465 e. The molecule has 5 nitrogen and oxygen atoms in total. The van der Waals surface area contributed by atoms with Gasteiger partial charge in [-0.15, -0.1) is 0 Å². The van der Waals surface area contributed by atoms with E-state index in [1.54, 1.807) is 0 Å². The molecule has 1 N–H and O–H groups in total. The number of rotatable bonds is 10. The van der Waals surface area contributed by atoms with Gasteiger partial charge in [0, 0.05) is 11.6 Å². The van der Waals surface area contributed by atoms with Gasteiger partial charge in [0.05, 0.1) is 17.8 Å². The van der Waals surface area contributed by atoms with E-state index in [0.29, 0.717) is 24.6 Å². The first-order valence-electron chi connectivity index (χ1n) is 10.1. The minimum atomic E-state index is -0.325. The number of benzene rings is 1. The Morgan fingerprint density at radius 3 is 2.32 bits per heavy atom. The van der Waals surface area contributed by atoms with E-state index in [4.69, 9.17) is 25.6 Å². The van der Waals surface area contributed by atoms with Gasteiger partial charge in [0.1, 0.15) is 6.04 Å². The Balaban J connectivity index is 1.79. The molecule has 0 radical (unpaired) electrons. The number of carbonyl (C=O) groups excluding carboxylic acids is 1. The molecule has 1 saturated heterocycles. The van der Waals surface area contributed by atoms with Gasteiger partial charge in [-0.3, -0.25) is 4.79 Å². The van der Waals surface area contributed by atoms with Crippen molar-refractivity contribution in [3.63, 3.8) is 0 Å². The monoisotopic (exact) mass is 409 g/mol. The summed E-state index contributed by atoms with van der Waals surface area (Å²) < 4.78 is 17.3. The fraction of sp³-hybridized carbons (Fsp3) is 0.667. The standard InChI is InChI=1S/C21H33BClNO4/c1-6-26-19(25)18(24-15-16-10-12-17(23)13-11-16)9-7-8-14-22-27-20(2,3)21(4,5)28-22/h10-13,18,24H,6-9,14-15H2,1-5H3. The van der Waals surface area contributed by atoms with Crippen LogP contribution in [0.25, 0.3) is 0 Å². The van der Waals surface area contributed by atoms with E-state index < -0.39 is 0 Å². The number of unbranched alkanes of at least 4 members (excludes halogenated alkanes) is 1. The van der Waals surface area contributed by atoms with E-state index in [2.05, 4.69) is 33.0 Å². The summed E-state index contributed by atoms with van der Waals surface area (Å²) in [5, 5.41) is 4.02. The number of carbonyl (C=O) groups is 1. The number of nitrogens with one attached hydrogen (secondary N) is 1. The van der Waals surface area contributed by atoms with Crippen LogP contribution in [0.15, 0.2) is 24.3 Å². The van der Waals surface area contributed by atoms with E-state index >= 15 is 0 Å². The van der Waals surface area contributed by atoms with Gasteiger partial charge >= 0.3 is 13.1 Å². The summed E-state index contributed by atoms with van der Waals surface area (Å²) in [6.45, 7) is 11.0. The molecule has 1 heterocycles. The van der Waals surface area contributed by atoms with E-state index in [1.165, 1.54) is 0 Å².